The van der Waals surface area contributed by atoms with Crippen LogP contribution in [-0.4, -0.2) is 25.1 Å². The van der Waals surface area contributed by atoms with E-state index in [0.29, 0.717) is 11.6 Å². The topological polar surface area (TPSA) is 60.5 Å². The van der Waals surface area contributed by atoms with E-state index in [-0.39, 0.29) is 5.91 Å². The summed E-state index contributed by atoms with van der Waals surface area (Å²) >= 11 is 1.43. The van der Waals surface area contributed by atoms with Crippen molar-refractivity contribution in [2.45, 2.75) is 6.42 Å². The molecule has 3 aromatic rings. The quantitative estimate of drug-likeness (QED) is 0.779. The number of nitrogens with one attached hydrogen (secondary N) is 1. The minimum absolute atomic E-state index is 0.0961. The number of fused-ring (bicyclic) bond motifs is 1. The molecule has 2 aromatic carbocycles. The van der Waals surface area contributed by atoms with Crippen molar-refractivity contribution in [2.75, 3.05) is 19.5 Å². The van der Waals surface area contributed by atoms with E-state index in [9.17, 15) is 4.79 Å². The van der Waals surface area contributed by atoms with Crippen LogP contribution < -0.4 is 14.8 Å². The van der Waals surface area contributed by atoms with Crippen LogP contribution in [0.25, 0.3) is 10.2 Å². The molecule has 0 fully saturated rings. The van der Waals surface area contributed by atoms with Crippen molar-refractivity contribution in [3.05, 3.63) is 48.0 Å². The van der Waals surface area contributed by atoms with Crippen LogP contribution in [-0.2, 0) is 11.2 Å². The Morgan fingerprint density at radius 2 is 1.78 bits per heavy atom. The lowest BCUT2D eigenvalue weighted by atomic mass is 10.1. The Bertz CT molecular complexity index is 827. The molecule has 23 heavy (non-hydrogen) atoms. The van der Waals surface area contributed by atoms with Gasteiger partial charge in [-0.15, -0.1) is 0 Å². The highest BCUT2D eigenvalue weighted by atomic mass is 32.1. The smallest absolute Gasteiger partial charge is 0.230 e. The van der Waals surface area contributed by atoms with Crippen LogP contribution in [0.1, 0.15) is 5.56 Å². The van der Waals surface area contributed by atoms with E-state index in [2.05, 4.69) is 10.3 Å². The first-order valence-electron chi connectivity index (χ1n) is 7.05. The zero-order chi connectivity index (χ0) is 16.2. The molecular weight excluding hydrogens is 312 g/mol. The maximum Gasteiger partial charge on any atom is 0.230 e. The van der Waals surface area contributed by atoms with Crippen LogP contribution >= 0.6 is 11.3 Å². The summed E-state index contributed by atoms with van der Waals surface area (Å²) < 4.78 is 11.3. The van der Waals surface area contributed by atoms with Gasteiger partial charge in [0.1, 0.15) is 11.5 Å². The minimum Gasteiger partial charge on any atom is -0.497 e. The Balaban J connectivity index is 1.69. The fourth-order valence-electron chi connectivity index (χ4n) is 2.18. The van der Waals surface area contributed by atoms with Crippen molar-refractivity contribution in [1.82, 2.24) is 4.98 Å². The second-order valence-corrected chi connectivity index (χ2v) is 5.96. The van der Waals surface area contributed by atoms with Gasteiger partial charge in [0.25, 0.3) is 0 Å². The number of benzene rings is 2. The first-order valence-corrected chi connectivity index (χ1v) is 7.87. The molecule has 0 aliphatic heterocycles. The van der Waals surface area contributed by atoms with E-state index in [4.69, 9.17) is 9.47 Å². The molecule has 0 unspecified atom stereocenters. The molecule has 0 aliphatic carbocycles. The number of aromatic nitrogens is 1. The average Bonchev–Trinajstić information content (AvgIpc) is 2.96. The van der Waals surface area contributed by atoms with Crippen molar-refractivity contribution in [1.29, 1.82) is 0 Å². The van der Waals surface area contributed by atoms with Crippen LogP contribution in [0.5, 0.6) is 11.5 Å². The summed E-state index contributed by atoms with van der Waals surface area (Å²) in [7, 11) is 3.24. The Morgan fingerprint density at radius 3 is 2.48 bits per heavy atom. The van der Waals surface area contributed by atoms with E-state index in [1.165, 1.54) is 11.3 Å². The van der Waals surface area contributed by atoms with Gasteiger partial charge in [-0.3, -0.25) is 4.79 Å². The summed E-state index contributed by atoms with van der Waals surface area (Å²) in [6.07, 6.45) is 0.295. The molecule has 6 heteroatoms. The molecule has 3 rings (SSSR count). The van der Waals surface area contributed by atoms with Crippen molar-refractivity contribution in [3.8, 4) is 11.5 Å². The Labute approximate surface area is 137 Å². The van der Waals surface area contributed by atoms with Gasteiger partial charge >= 0.3 is 0 Å². The number of hydrogen-bond acceptors (Lipinski definition) is 5. The molecule has 1 heterocycles. The minimum atomic E-state index is -0.0961. The van der Waals surface area contributed by atoms with Gasteiger partial charge in [0.15, 0.2) is 5.13 Å². The molecule has 0 bridgehead atoms. The number of hydrogen-bond donors (Lipinski definition) is 1. The Morgan fingerprint density at radius 1 is 1.09 bits per heavy atom. The predicted octanol–water partition coefficient (Wildman–Crippen LogP) is 3.49. The maximum absolute atomic E-state index is 12.1. The highest BCUT2D eigenvalue weighted by molar-refractivity contribution is 7.22. The Kier molecular flexibility index (Phi) is 4.43. The van der Waals surface area contributed by atoms with Gasteiger partial charge in [-0.2, -0.15) is 0 Å². The van der Waals surface area contributed by atoms with Crippen LogP contribution in [0.3, 0.4) is 0 Å². The van der Waals surface area contributed by atoms with Crippen molar-refractivity contribution in [2.24, 2.45) is 0 Å². The van der Waals surface area contributed by atoms with E-state index < -0.39 is 0 Å². The molecule has 1 N–H and O–H groups in total. The third kappa shape index (κ3) is 3.60. The number of amides is 1. The van der Waals surface area contributed by atoms with Gasteiger partial charge in [0, 0.05) is 0 Å². The molecule has 1 amide bonds. The molecule has 118 valence electrons. The van der Waals surface area contributed by atoms with Gasteiger partial charge < -0.3 is 14.8 Å². The maximum atomic E-state index is 12.1. The molecule has 1 aromatic heterocycles. The second kappa shape index (κ2) is 6.66. The number of anilines is 1. The second-order valence-electron chi connectivity index (χ2n) is 4.93. The summed E-state index contributed by atoms with van der Waals surface area (Å²) in [6, 6.07) is 13.1. The molecular formula is C17H16N2O3S. The third-order valence-electron chi connectivity index (χ3n) is 3.37. The fourth-order valence-corrected chi connectivity index (χ4v) is 3.09. The summed E-state index contributed by atoms with van der Waals surface area (Å²) in [6.45, 7) is 0. The van der Waals surface area contributed by atoms with E-state index in [1.54, 1.807) is 14.2 Å². The summed E-state index contributed by atoms with van der Waals surface area (Å²) in [5.41, 5.74) is 1.77. The first-order chi connectivity index (χ1) is 11.2. The highest BCUT2D eigenvalue weighted by Gasteiger charge is 2.09. The predicted molar refractivity (Wildman–Crippen MR) is 91.5 cm³/mol. The lowest BCUT2D eigenvalue weighted by Gasteiger charge is -2.03. The normalized spacial score (nSPS) is 10.5. The number of nitrogens with zero attached hydrogens (tertiary/aromatic N) is 1. The van der Waals surface area contributed by atoms with Gasteiger partial charge in [-0.1, -0.05) is 23.5 Å². The van der Waals surface area contributed by atoms with Gasteiger partial charge in [0.05, 0.1) is 30.9 Å². The zero-order valence-corrected chi connectivity index (χ0v) is 13.6. The number of methoxy groups -OCH3 is 2. The van der Waals surface area contributed by atoms with Crippen molar-refractivity contribution >= 4 is 32.6 Å². The van der Waals surface area contributed by atoms with Crippen LogP contribution in [0.4, 0.5) is 5.13 Å². The highest BCUT2D eigenvalue weighted by Crippen LogP contribution is 2.29. The number of carbonyl (C=O) groups is 1. The molecule has 0 atom stereocenters. The van der Waals surface area contributed by atoms with E-state index in [1.807, 2.05) is 42.5 Å². The first kappa shape index (κ1) is 15.3. The summed E-state index contributed by atoms with van der Waals surface area (Å²) in [5.74, 6) is 1.45. The average molecular weight is 328 g/mol. The molecule has 5 nitrogen and oxygen atoms in total. The molecule has 0 radical (unpaired) electrons. The number of carbonyl (C=O) groups excluding carboxylic acids is 1. The molecule has 0 spiro atoms. The molecule has 0 saturated carbocycles. The van der Waals surface area contributed by atoms with Crippen molar-refractivity contribution < 1.29 is 14.3 Å². The number of rotatable bonds is 5. The van der Waals surface area contributed by atoms with Crippen LogP contribution in [0.2, 0.25) is 0 Å². The van der Waals surface area contributed by atoms with E-state index in [0.717, 1.165) is 27.3 Å². The fraction of sp³-hybridized carbons (Fsp3) is 0.176. The lowest BCUT2D eigenvalue weighted by Crippen LogP contribution is -2.14. The molecule has 0 aliphatic rings. The Hall–Kier alpha value is -2.60. The monoisotopic (exact) mass is 328 g/mol. The number of ether oxygens (including phenoxy) is 2. The SMILES string of the molecule is COc1ccc(CC(=O)Nc2nc3ccc(OC)cc3s2)cc1. The largest absolute Gasteiger partial charge is 0.497 e. The van der Waals surface area contributed by atoms with Crippen LogP contribution in [0, 0.1) is 0 Å². The lowest BCUT2D eigenvalue weighted by molar-refractivity contribution is -0.115. The standard InChI is InChI=1S/C17H16N2O3S/c1-21-12-5-3-11(4-6-12)9-16(20)19-17-18-14-8-7-13(22-2)10-15(14)23-17/h3-8,10H,9H2,1-2H3,(H,18,19,20). The molecule has 0 saturated heterocycles. The zero-order valence-electron chi connectivity index (χ0n) is 12.8. The van der Waals surface area contributed by atoms with Gasteiger partial charge in [-0.05, 0) is 35.9 Å². The van der Waals surface area contributed by atoms with E-state index >= 15 is 0 Å². The summed E-state index contributed by atoms with van der Waals surface area (Å²) in [5, 5.41) is 3.43. The van der Waals surface area contributed by atoms with Gasteiger partial charge in [0.2, 0.25) is 5.91 Å². The van der Waals surface area contributed by atoms with Crippen LogP contribution in [0.15, 0.2) is 42.5 Å². The number of thiazole rings is 1. The summed E-state index contributed by atoms with van der Waals surface area (Å²) in [4.78, 5) is 16.5. The third-order valence-corrected chi connectivity index (χ3v) is 4.30. The van der Waals surface area contributed by atoms with Crippen molar-refractivity contribution in [3.63, 3.8) is 0 Å². The van der Waals surface area contributed by atoms with Gasteiger partial charge in [-0.25, -0.2) is 4.98 Å².